The molecule has 0 unspecified atom stereocenters. The first-order chi connectivity index (χ1) is 17.4. The third-order valence-electron chi connectivity index (χ3n) is 6.13. The Kier molecular flexibility index (Phi) is 7.55. The average molecular weight is 505 g/mol. The van der Waals surface area contributed by atoms with Gasteiger partial charge in [0, 0.05) is 25.2 Å². The summed E-state index contributed by atoms with van der Waals surface area (Å²) in [6, 6.07) is 5.09. The minimum Gasteiger partial charge on any atom is -0.479 e. The number of nitrogens with one attached hydrogen (secondary N) is 3. The molecule has 3 aromatic rings. The Morgan fingerprint density at radius 2 is 2.11 bits per heavy atom. The molecule has 13 heteroatoms. The summed E-state index contributed by atoms with van der Waals surface area (Å²) in [5.74, 6) is 0.242. The summed E-state index contributed by atoms with van der Waals surface area (Å²) >= 11 is 0. The second-order valence-corrected chi connectivity index (χ2v) is 8.48. The second kappa shape index (κ2) is 10.8. The Hall–Kier alpha value is -3.90. The number of methoxy groups -OCH3 is 1. The molecule has 0 bridgehead atoms. The highest BCUT2D eigenvalue weighted by Crippen LogP contribution is 2.36. The van der Waals surface area contributed by atoms with Gasteiger partial charge in [0.05, 0.1) is 31.4 Å². The van der Waals surface area contributed by atoms with Crippen LogP contribution in [0.2, 0.25) is 0 Å². The third-order valence-corrected chi connectivity index (χ3v) is 6.13. The predicted octanol–water partition coefficient (Wildman–Crippen LogP) is 4.16. The molecule has 4 rings (SSSR count). The van der Waals surface area contributed by atoms with Crippen molar-refractivity contribution in [2.75, 3.05) is 44.2 Å². The van der Waals surface area contributed by atoms with Crippen molar-refractivity contribution in [3.63, 3.8) is 0 Å². The van der Waals surface area contributed by atoms with E-state index in [1.807, 2.05) is 0 Å². The second-order valence-electron chi connectivity index (χ2n) is 8.48. The van der Waals surface area contributed by atoms with E-state index in [-0.39, 0.29) is 30.0 Å². The van der Waals surface area contributed by atoms with Gasteiger partial charge in [-0.3, -0.25) is 4.79 Å². The number of carbonyl (C=O) groups excluding carboxylic acids is 1. The van der Waals surface area contributed by atoms with Gasteiger partial charge >= 0.3 is 0 Å². The standard InChI is InChI=1S/C23H27F3N8O2/c1-13(35)33-7-6-18(17(26)12-33)29-23-30-22(36-2)21-16(5-8-34(21)32-23)14-3-4-19(31-27)20(9-14)28-15(10-24)11-25/h3-5,8-9,15,17-18,27-28H,6-7,10-12H2,1-2H3,(H,29,32)/t17-,18+/m1/s1. The van der Waals surface area contributed by atoms with E-state index in [0.717, 1.165) is 0 Å². The molecule has 1 saturated heterocycles. The van der Waals surface area contributed by atoms with E-state index in [2.05, 4.69) is 25.8 Å². The van der Waals surface area contributed by atoms with Gasteiger partial charge in [-0.1, -0.05) is 6.07 Å². The number of alkyl halides is 3. The molecule has 2 aromatic heterocycles. The highest BCUT2D eigenvalue weighted by molar-refractivity contribution is 5.87. The molecule has 1 aliphatic rings. The molecule has 1 amide bonds. The topological polar surface area (TPSA) is 120 Å². The number of aromatic nitrogens is 3. The lowest BCUT2D eigenvalue weighted by Gasteiger charge is -2.34. The maximum absolute atomic E-state index is 14.7. The minimum atomic E-state index is -1.28. The minimum absolute atomic E-state index is 0.00267. The van der Waals surface area contributed by atoms with E-state index in [1.54, 1.807) is 35.0 Å². The van der Waals surface area contributed by atoms with Gasteiger partial charge in [-0.2, -0.15) is 10.1 Å². The van der Waals surface area contributed by atoms with Crippen molar-refractivity contribution < 1.29 is 22.7 Å². The highest BCUT2D eigenvalue weighted by Gasteiger charge is 2.31. The molecule has 0 spiro atoms. The van der Waals surface area contributed by atoms with Gasteiger partial charge in [-0.25, -0.2) is 23.2 Å². The van der Waals surface area contributed by atoms with Crippen molar-refractivity contribution in [2.45, 2.75) is 31.6 Å². The molecule has 0 saturated carbocycles. The molecule has 2 atom stereocenters. The van der Waals surface area contributed by atoms with Crippen LogP contribution in [0.1, 0.15) is 13.3 Å². The number of rotatable bonds is 9. The fourth-order valence-corrected chi connectivity index (χ4v) is 4.20. The number of nitrogens with zero attached hydrogens (tertiary/aromatic N) is 5. The van der Waals surface area contributed by atoms with Crippen molar-refractivity contribution in [1.29, 1.82) is 5.53 Å². The van der Waals surface area contributed by atoms with Gasteiger partial charge in [-0.15, -0.1) is 5.10 Å². The molecule has 10 nitrogen and oxygen atoms in total. The lowest BCUT2D eigenvalue weighted by Crippen LogP contribution is -2.49. The number of hydrogen-bond donors (Lipinski definition) is 3. The Balaban J connectivity index is 1.65. The van der Waals surface area contributed by atoms with Crippen LogP contribution in [0, 0.1) is 5.53 Å². The van der Waals surface area contributed by atoms with Crippen LogP contribution in [0.3, 0.4) is 0 Å². The summed E-state index contributed by atoms with van der Waals surface area (Å²) < 4.78 is 47.9. The molecule has 3 heterocycles. The number of halogens is 3. The van der Waals surface area contributed by atoms with Crippen LogP contribution in [-0.4, -0.2) is 77.2 Å². The summed E-state index contributed by atoms with van der Waals surface area (Å²) in [5, 5.41) is 13.6. The van der Waals surface area contributed by atoms with Crippen molar-refractivity contribution >= 4 is 28.7 Å². The van der Waals surface area contributed by atoms with Gasteiger partial charge in [0.2, 0.25) is 17.7 Å². The average Bonchev–Trinajstić information content (AvgIpc) is 3.31. The first-order valence-electron chi connectivity index (χ1n) is 11.4. The quantitative estimate of drug-likeness (QED) is 0.377. The van der Waals surface area contributed by atoms with Gasteiger partial charge in [0.15, 0.2) is 0 Å². The number of amides is 1. The number of fused-ring (bicyclic) bond motifs is 1. The number of piperidine rings is 1. The molecule has 0 radical (unpaired) electrons. The molecule has 0 aliphatic carbocycles. The van der Waals surface area contributed by atoms with Gasteiger partial charge in [0.1, 0.15) is 30.7 Å². The molecule has 192 valence electrons. The molecule has 3 N–H and O–H groups in total. The van der Waals surface area contributed by atoms with Gasteiger partial charge < -0.3 is 20.3 Å². The van der Waals surface area contributed by atoms with Crippen LogP contribution >= 0.6 is 0 Å². The summed E-state index contributed by atoms with van der Waals surface area (Å²) in [5.41, 5.74) is 9.77. The van der Waals surface area contributed by atoms with Crippen molar-refractivity contribution in [2.24, 2.45) is 5.11 Å². The Morgan fingerprint density at radius 3 is 2.75 bits per heavy atom. The number of benzene rings is 1. The SMILES string of the molecule is COc1nc(N[C@H]2CCN(C(C)=O)C[C@H]2F)nn2ccc(-c3ccc(N=N)c(NC(CF)CF)c3)c12. The van der Waals surface area contributed by atoms with E-state index in [4.69, 9.17) is 10.3 Å². The molecule has 1 fully saturated rings. The van der Waals surface area contributed by atoms with Crippen molar-refractivity contribution in [3.8, 4) is 17.0 Å². The van der Waals surface area contributed by atoms with E-state index in [9.17, 15) is 18.0 Å². The van der Waals surface area contributed by atoms with Gasteiger partial charge in [-0.05, 0) is 30.2 Å². The zero-order valence-corrected chi connectivity index (χ0v) is 19.8. The van der Waals surface area contributed by atoms with Gasteiger partial charge in [0.25, 0.3) is 0 Å². The molecular formula is C23H27F3N8O2. The Labute approximate surface area is 205 Å². The van der Waals surface area contributed by atoms with Crippen molar-refractivity contribution in [3.05, 3.63) is 30.5 Å². The maximum atomic E-state index is 14.7. The number of ether oxygens (including phenoxy) is 1. The first kappa shape index (κ1) is 25.2. The summed E-state index contributed by atoms with van der Waals surface area (Å²) in [6.45, 7) is 0.0169. The molecule has 1 aromatic carbocycles. The first-order valence-corrected chi connectivity index (χ1v) is 11.4. The largest absolute Gasteiger partial charge is 0.479 e. The summed E-state index contributed by atoms with van der Waals surface area (Å²) in [4.78, 5) is 17.4. The Bertz CT molecular complexity index is 1250. The molecular weight excluding hydrogens is 477 g/mol. The van der Waals surface area contributed by atoms with E-state index >= 15 is 0 Å². The Morgan fingerprint density at radius 1 is 1.33 bits per heavy atom. The van der Waals surface area contributed by atoms with Crippen LogP contribution in [0.25, 0.3) is 16.6 Å². The number of carbonyl (C=O) groups is 1. The van der Waals surface area contributed by atoms with E-state index < -0.39 is 31.6 Å². The zero-order chi connectivity index (χ0) is 25.8. The fourth-order valence-electron chi connectivity index (χ4n) is 4.20. The monoisotopic (exact) mass is 504 g/mol. The maximum Gasteiger partial charge on any atom is 0.244 e. The molecule has 36 heavy (non-hydrogen) atoms. The number of hydrogen-bond acceptors (Lipinski definition) is 8. The third kappa shape index (κ3) is 5.04. The number of anilines is 2. The van der Waals surface area contributed by atoms with Crippen LogP contribution in [0.15, 0.2) is 35.6 Å². The lowest BCUT2D eigenvalue weighted by atomic mass is 10.0. The predicted molar refractivity (Wildman–Crippen MR) is 128 cm³/mol. The lowest BCUT2D eigenvalue weighted by molar-refractivity contribution is -0.131. The summed E-state index contributed by atoms with van der Waals surface area (Å²) in [7, 11) is 1.45. The van der Waals surface area contributed by atoms with Crippen LogP contribution < -0.4 is 15.4 Å². The van der Waals surface area contributed by atoms with Crippen LogP contribution in [0.5, 0.6) is 5.88 Å². The normalized spacial score (nSPS) is 17.9. The number of likely N-dealkylation sites (tertiary alicyclic amines) is 1. The van der Waals surface area contributed by atoms with Crippen LogP contribution in [0.4, 0.5) is 30.5 Å². The highest BCUT2D eigenvalue weighted by atomic mass is 19.1. The van der Waals surface area contributed by atoms with E-state index in [0.29, 0.717) is 35.3 Å². The van der Waals surface area contributed by atoms with Crippen LogP contribution in [-0.2, 0) is 4.79 Å². The smallest absolute Gasteiger partial charge is 0.244 e. The summed E-state index contributed by atoms with van der Waals surface area (Å²) in [6.07, 6.45) is 0.814. The fraction of sp³-hybridized carbons (Fsp3) is 0.435. The molecule has 1 aliphatic heterocycles. The zero-order valence-electron chi connectivity index (χ0n) is 19.8. The van der Waals surface area contributed by atoms with E-state index in [1.165, 1.54) is 18.9 Å². The van der Waals surface area contributed by atoms with Crippen molar-refractivity contribution in [1.82, 2.24) is 19.5 Å².